The number of amides is 1. The number of methoxy groups -OCH3 is 1. The zero-order valence-corrected chi connectivity index (χ0v) is 14.4. The van der Waals surface area contributed by atoms with E-state index in [-0.39, 0.29) is 11.9 Å². The second kappa shape index (κ2) is 8.53. The van der Waals surface area contributed by atoms with Crippen LogP contribution in [0.25, 0.3) is 0 Å². The Morgan fingerprint density at radius 2 is 1.95 bits per heavy atom. The maximum Gasteiger partial charge on any atom is 0.341 e. The van der Waals surface area contributed by atoms with Gasteiger partial charge in [0.05, 0.1) is 12.7 Å². The molecule has 0 fully saturated rings. The number of hydrogen-bond acceptors (Lipinski definition) is 4. The number of aryl methyl sites for hydroxylation is 1. The van der Waals surface area contributed by atoms with Crippen LogP contribution in [0.5, 0.6) is 0 Å². The van der Waals surface area contributed by atoms with Gasteiger partial charge in [-0.25, -0.2) is 4.79 Å². The lowest BCUT2D eigenvalue weighted by atomic mass is 9.96. The molecule has 22 heavy (non-hydrogen) atoms. The van der Waals surface area contributed by atoms with Crippen molar-refractivity contribution in [1.29, 1.82) is 0 Å². The molecular weight excluding hydrogens is 322 g/mol. The predicted molar refractivity (Wildman–Crippen MR) is 90.1 cm³/mol. The minimum absolute atomic E-state index is 0.0972. The number of hydrogen-bond donors (Lipinski definition) is 1. The van der Waals surface area contributed by atoms with Crippen LogP contribution in [0.3, 0.4) is 0 Å². The maximum atomic E-state index is 12.2. The van der Waals surface area contributed by atoms with Crippen LogP contribution >= 0.6 is 22.9 Å². The van der Waals surface area contributed by atoms with Crippen molar-refractivity contribution in [1.82, 2.24) is 0 Å². The molecular formula is C16H22ClNO3S. The van der Waals surface area contributed by atoms with E-state index in [1.54, 1.807) is 0 Å². The number of thiophene rings is 1. The molecule has 122 valence electrons. The Kier molecular flexibility index (Phi) is 6.70. The van der Waals surface area contributed by atoms with E-state index in [0.717, 1.165) is 31.2 Å². The quantitative estimate of drug-likeness (QED) is 0.645. The maximum absolute atomic E-state index is 12.2. The Morgan fingerprint density at radius 3 is 2.64 bits per heavy atom. The number of nitrogens with one attached hydrogen (secondary N) is 1. The number of ether oxygens (including phenoxy) is 1. The first-order valence-electron chi connectivity index (χ1n) is 7.76. The number of esters is 1. The number of carbonyl (C=O) groups excluding carboxylic acids is 2. The van der Waals surface area contributed by atoms with Gasteiger partial charge in [0.25, 0.3) is 0 Å². The van der Waals surface area contributed by atoms with Crippen molar-refractivity contribution in [3.8, 4) is 0 Å². The SMILES string of the molecule is COC(=O)c1c(NC(=O)CCCCl)sc2c1CCCCCC2. The van der Waals surface area contributed by atoms with Gasteiger partial charge >= 0.3 is 5.97 Å². The molecule has 1 aromatic heterocycles. The first kappa shape index (κ1) is 17.3. The molecule has 1 amide bonds. The largest absolute Gasteiger partial charge is 0.465 e. The molecule has 0 radical (unpaired) electrons. The summed E-state index contributed by atoms with van der Waals surface area (Å²) in [5.74, 6) is 0.00355. The molecule has 0 aliphatic heterocycles. The third-order valence-corrected chi connectivity index (χ3v) is 5.33. The molecule has 0 saturated heterocycles. The van der Waals surface area contributed by atoms with Gasteiger partial charge in [-0.3, -0.25) is 4.79 Å². The molecule has 6 heteroatoms. The van der Waals surface area contributed by atoms with E-state index >= 15 is 0 Å². The highest BCUT2D eigenvalue weighted by Gasteiger charge is 2.25. The summed E-state index contributed by atoms with van der Waals surface area (Å²) in [6.07, 6.45) is 7.48. The molecule has 0 unspecified atom stereocenters. The van der Waals surface area contributed by atoms with Gasteiger partial charge in [-0.15, -0.1) is 22.9 Å². The van der Waals surface area contributed by atoms with E-state index < -0.39 is 0 Å². The van der Waals surface area contributed by atoms with Crippen molar-refractivity contribution in [3.05, 3.63) is 16.0 Å². The number of rotatable bonds is 5. The van der Waals surface area contributed by atoms with Crippen LogP contribution in [-0.4, -0.2) is 24.9 Å². The van der Waals surface area contributed by atoms with Gasteiger partial charge < -0.3 is 10.1 Å². The van der Waals surface area contributed by atoms with Crippen LogP contribution in [0.2, 0.25) is 0 Å². The zero-order chi connectivity index (χ0) is 15.9. The van der Waals surface area contributed by atoms with Gasteiger partial charge in [0.1, 0.15) is 5.00 Å². The van der Waals surface area contributed by atoms with E-state index in [0.29, 0.717) is 29.3 Å². The summed E-state index contributed by atoms with van der Waals surface area (Å²) in [6.45, 7) is 0. The van der Waals surface area contributed by atoms with Crippen LogP contribution in [0, 0.1) is 0 Å². The first-order chi connectivity index (χ1) is 10.7. The Labute approximate surface area is 140 Å². The summed E-state index contributed by atoms with van der Waals surface area (Å²) in [4.78, 5) is 25.4. The van der Waals surface area contributed by atoms with Gasteiger partial charge in [0, 0.05) is 17.2 Å². The third kappa shape index (κ3) is 4.23. The molecule has 1 aliphatic carbocycles. The van der Waals surface area contributed by atoms with E-state index in [4.69, 9.17) is 16.3 Å². The van der Waals surface area contributed by atoms with E-state index in [1.807, 2.05) is 0 Å². The second-order valence-corrected chi connectivity index (χ2v) is 6.94. The van der Waals surface area contributed by atoms with Crippen molar-refractivity contribution >= 4 is 39.8 Å². The molecule has 0 bridgehead atoms. The van der Waals surface area contributed by atoms with Crippen LogP contribution < -0.4 is 5.32 Å². The Balaban J connectivity index is 2.29. The van der Waals surface area contributed by atoms with Crippen LogP contribution in [-0.2, 0) is 22.4 Å². The van der Waals surface area contributed by atoms with Gasteiger partial charge in [-0.05, 0) is 37.7 Å². The molecule has 0 aromatic carbocycles. The molecule has 1 aromatic rings. The van der Waals surface area contributed by atoms with Gasteiger partial charge in [-0.2, -0.15) is 0 Å². The summed E-state index contributed by atoms with van der Waals surface area (Å²) in [5.41, 5.74) is 1.63. The van der Waals surface area contributed by atoms with Crippen molar-refractivity contribution in [2.45, 2.75) is 51.4 Å². The van der Waals surface area contributed by atoms with E-state index in [9.17, 15) is 9.59 Å². The van der Waals surface area contributed by atoms with E-state index in [1.165, 1.54) is 36.2 Å². The van der Waals surface area contributed by atoms with Crippen LogP contribution in [0.1, 0.15) is 59.3 Å². The average Bonchev–Trinajstić information content (AvgIpc) is 2.81. The van der Waals surface area contributed by atoms with Crippen molar-refractivity contribution in [2.24, 2.45) is 0 Å². The smallest absolute Gasteiger partial charge is 0.341 e. The second-order valence-electron chi connectivity index (χ2n) is 5.45. The van der Waals surface area contributed by atoms with E-state index in [2.05, 4.69) is 5.32 Å². The van der Waals surface area contributed by atoms with Gasteiger partial charge in [0.15, 0.2) is 0 Å². The highest BCUT2D eigenvalue weighted by atomic mass is 35.5. The number of halogens is 1. The molecule has 1 N–H and O–H groups in total. The summed E-state index contributed by atoms with van der Waals surface area (Å²) >= 11 is 7.14. The summed E-state index contributed by atoms with van der Waals surface area (Å²) in [7, 11) is 1.38. The van der Waals surface area contributed by atoms with Crippen LogP contribution in [0.15, 0.2) is 0 Å². The number of alkyl halides is 1. The van der Waals surface area contributed by atoms with Crippen molar-refractivity contribution < 1.29 is 14.3 Å². The number of fused-ring (bicyclic) bond motifs is 1. The number of anilines is 1. The number of carbonyl (C=O) groups is 2. The molecule has 1 aliphatic rings. The highest BCUT2D eigenvalue weighted by molar-refractivity contribution is 7.17. The Morgan fingerprint density at radius 1 is 1.23 bits per heavy atom. The molecule has 4 nitrogen and oxygen atoms in total. The first-order valence-corrected chi connectivity index (χ1v) is 9.11. The molecule has 0 saturated carbocycles. The zero-order valence-electron chi connectivity index (χ0n) is 12.9. The van der Waals surface area contributed by atoms with Crippen molar-refractivity contribution in [3.63, 3.8) is 0 Å². The summed E-state index contributed by atoms with van der Waals surface area (Å²) < 4.78 is 4.93. The topological polar surface area (TPSA) is 55.4 Å². The minimum Gasteiger partial charge on any atom is -0.465 e. The lowest BCUT2D eigenvalue weighted by Gasteiger charge is -2.10. The fourth-order valence-electron chi connectivity index (χ4n) is 2.74. The third-order valence-electron chi connectivity index (χ3n) is 3.85. The monoisotopic (exact) mass is 343 g/mol. The fourth-order valence-corrected chi connectivity index (χ4v) is 4.17. The lowest BCUT2D eigenvalue weighted by Crippen LogP contribution is -2.14. The fraction of sp³-hybridized carbons (Fsp3) is 0.625. The molecule has 2 rings (SSSR count). The minimum atomic E-state index is -0.356. The predicted octanol–water partition coefficient (Wildman–Crippen LogP) is 4.15. The van der Waals surface area contributed by atoms with Crippen molar-refractivity contribution in [2.75, 3.05) is 18.3 Å². The van der Waals surface area contributed by atoms with Gasteiger partial charge in [0.2, 0.25) is 5.91 Å². The highest BCUT2D eigenvalue weighted by Crippen LogP contribution is 2.37. The molecule has 0 atom stereocenters. The summed E-state index contributed by atoms with van der Waals surface area (Å²) in [5, 5.41) is 3.52. The Bertz CT molecular complexity index is 542. The van der Waals surface area contributed by atoms with Gasteiger partial charge in [-0.1, -0.05) is 12.8 Å². The molecule has 0 spiro atoms. The Hall–Kier alpha value is -1.07. The molecule has 1 heterocycles. The lowest BCUT2D eigenvalue weighted by molar-refractivity contribution is -0.116. The standard InChI is InChI=1S/C16H22ClNO3S/c1-21-16(20)14-11-7-4-2-3-5-8-12(11)22-15(14)18-13(19)9-6-10-17/h2-10H2,1H3,(H,18,19). The average molecular weight is 344 g/mol. The van der Waals surface area contributed by atoms with Crippen LogP contribution in [0.4, 0.5) is 5.00 Å². The summed E-state index contributed by atoms with van der Waals surface area (Å²) in [6, 6.07) is 0. The normalized spacial score (nSPS) is 14.6.